The van der Waals surface area contributed by atoms with Gasteiger partial charge in [0.15, 0.2) is 18.5 Å². The number of hydrogen-bond acceptors (Lipinski definition) is 2. The molecule has 0 aliphatic carbocycles. The van der Waals surface area contributed by atoms with Gasteiger partial charge in [-0.1, -0.05) is 0 Å². The average molecular weight is 278 g/mol. The van der Waals surface area contributed by atoms with Crippen LogP contribution in [0.3, 0.4) is 0 Å². The van der Waals surface area contributed by atoms with Gasteiger partial charge in [0.1, 0.15) is 11.9 Å². The van der Waals surface area contributed by atoms with E-state index in [1.807, 2.05) is 0 Å². The number of rotatable bonds is 7. The Hall–Kier alpha value is 0.157. The molecule has 0 saturated carbocycles. The molecule has 0 spiro atoms. The summed E-state index contributed by atoms with van der Waals surface area (Å²) in [5.41, 5.74) is 0. The Labute approximate surface area is 108 Å². The summed E-state index contributed by atoms with van der Waals surface area (Å²) in [5, 5.41) is 0. The summed E-state index contributed by atoms with van der Waals surface area (Å²) in [5.74, 6) is -1.67. The SMILES string of the molecule is O=S(=O)(O)CC(F)C(F)C(F)C(F)CCF.[LiH]. The van der Waals surface area contributed by atoms with Crippen molar-refractivity contribution in [1.82, 2.24) is 0 Å². The van der Waals surface area contributed by atoms with E-state index in [0.29, 0.717) is 0 Å². The maximum atomic E-state index is 12.8. The Balaban J connectivity index is 0. The first-order valence-corrected chi connectivity index (χ1v) is 5.87. The quantitative estimate of drug-likeness (QED) is 0.428. The molecular formula is C7H12F5LiO3S. The molecule has 0 bridgehead atoms. The van der Waals surface area contributed by atoms with Crippen LogP contribution in [-0.2, 0) is 10.1 Å². The fourth-order valence-corrected chi connectivity index (χ4v) is 1.54. The molecule has 0 aromatic carbocycles. The fraction of sp³-hybridized carbons (Fsp3) is 1.00. The standard InChI is InChI=1S/C7H11F5O3S.Li.H/c8-2-1-4(9)6(11)7(12)5(10)3-16(13,14)15;;/h4-7H,1-3H2,(H,13,14,15);;. The van der Waals surface area contributed by atoms with Gasteiger partial charge in [-0.15, -0.1) is 0 Å². The van der Waals surface area contributed by atoms with Crippen LogP contribution in [-0.4, -0.2) is 68.9 Å². The molecule has 0 aromatic heterocycles. The van der Waals surface area contributed by atoms with Crippen molar-refractivity contribution in [3.05, 3.63) is 0 Å². The first kappa shape index (κ1) is 19.5. The second-order valence-corrected chi connectivity index (χ2v) is 4.64. The molecule has 4 unspecified atom stereocenters. The zero-order valence-corrected chi connectivity index (χ0v) is 8.81. The van der Waals surface area contributed by atoms with Gasteiger partial charge < -0.3 is 0 Å². The van der Waals surface area contributed by atoms with Crippen molar-refractivity contribution in [2.75, 3.05) is 12.4 Å². The summed E-state index contributed by atoms with van der Waals surface area (Å²) in [7, 11) is -4.82. The van der Waals surface area contributed by atoms with E-state index in [0.717, 1.165) is 0 Å². The molecule has 0 aliphatic rings. The van der Waals surface area contributed by atoms with Crippen LogP contribution in [0.1, 0.15) is 6.42 Å². The third-order valence-corrected chi connectivity index (χ3v) is 2.49. The molecule has 1 N–H and O–H groups in total. The van der Waals surface area contributed by atoms with Crippen molar-refractivity contribution in [3.63, 3.8) is 0 Å². The first-order valence-electron chi connectivity index (χ1n) is 4.26. The number of halogens is 5. The van der Waals surface area contributed by atoms with Crippen LogP contribution in [0.4, 0.5) is 22.0 Å². The van der Waals surface area contributed by atoms with Gasteiger partial charge in [-0.3, -0.25) is 8.94 Å². The molecule has 0 radical (unpaired) electrons. The van der Waals surface area contributed by atoms with Crippen molar-refractivity contribution in [2.45, 2.75) is 31.1 Å². The molecule has 10 heteroatoms. The van der Waals surface area contributed by atoms with Gasteiger partial charge in [0.2, 0.25) is 0 Å². The molecule has 0 heterocycles. The van der Waals surface area contributed by atoms with Crippen molar-refractivity contribution in [2.24, 2.45) is 0 Å². The van der Waals surface area contributed by atoms with Gasteiger partial charge in [-0.25, -0.2) is 17.6 Å². The van der Waals surface area contributed by atoms with Crippen LogP contribution in [0.2, 0.25) is 0 Å². The Morgan fingerprint density at radius 1 is 1.00 bits per heavy atom. The van der Waals surface area contributed by atoms with Gasteiger partial charge in [0, 0.05) is 6.42 Å². The minimum atomic E-state index is -4.82. The van der Waals surface area contributed by atoms with Crippen LogP contribution in [0.5, 0.6) is 0 Å². The van der Waals surface area contributed by atoms with Gasteiger partial charge in [0.05, 0.1) is 6.67 Å². The van der Waals surface area contributed by atoms with E-state index in [2.05, 4.69) is 0 Å². The van der Waals surface area contributed by atoms with Gasteiger partial charge >= 0.3 is 18.9 Å². The van der Waals surface area contributed by atoms with E-state index in [1.54, 1.807) is 0 Å². The van der Waals surface area contributed by atoms with E-state index in [9.17, 15) is 30.4 Å². The van der Waals surface area contributed by atoms with Crippen molar-refractivity contribution in [3.8, 4) is 0 Å². The van der Waals surface area contributed by atoms with Crippen molar-refractivity contribution in [1.29, 1.82) is 0 Å². The van der Waals surface area contributed by atoms with Crippen LogP contribution in [0, 0.1) is 0 Å². The summed E-state index contributed by atoms with van der Waals surface area (Å²) in [6.07, 6.45) is -12.4. The second-order valence-electron chi connectivity index (χ2n) is 3.15. The summed E-state index contributed by atoms with van der Waals surface area (Å²) in [6, 6.07) is 0. The van der Waals surface area contributed by atoms with Crippen LogP contribution in [0.15, 0.2) is 0 Å². The minimum absolute atomic E-state index is 0. The van der Waals surface area contributed by atoms with Crippen molar-refractivity contribution >= 4 is 29.0 Å². The number of alkyl halides is 5. The van der Waals surface area contributed by atoms with Crippen LogP contribution in [0.25, 0.3) is 0 Å². The third kappa shape index (κ3) is 7.97. The Morgan fingerprint density at radius 3 is 1.76 bits per heavy atom. The molecule has 17 heavy (non-hydrogen) atoms. The fourth-order valence-electron chi connectivity index (χ4n) is 0.956. The molecule has 0 aliphatic heterocycles. The van der Waals surface area contributed by atoms with E-state index >= 15 is 0 Å². The molecule has 0 aromatic rings. The van der Waals surface area contributed by atoms with Gasteiger partial charge in [-0.2, -0.15) is 8.42 Å². The predicted octanol–water partition coefficient (Wildman–Crippen LogP) is 0.938. The Bertz CT molecular complexity index is 302. The first-order chi connectivity index (χ1) is 7.19. The summed E-state index contributed by atoms with van der Waals surface area (Å²) in [6.45, 7) is -1.25. The van der Waals surface area contributed by atoms with E-state index in [-0.39, 0.29) is 18.9 Å². The Morgan fingerprint density at radius 2 is 1.41 bits per heavy atom. The normalized spacial score (nSPS) is 18.9. The van der Waals surface area contributed by atoms with Gasteiger partial charge in [-0.05, 0) is 0 Å². The molecule has 0 fully saturated rings. The molecule has 4 atom stereocenters. The number of hydrogen-bond donors (Lipinski definition) is 1. The van der Waals surface area contributed by atoms with E-state index < -0.39 is 53.7 Å². The predicted molar refractivity (Wildman–Crippen MR) is 53.7 cm³/mol. The molecular weight excluding hydrogens is 266 g/mol. The Kier molecular flexibility index (Phi) is 9.51. The van der Waals surface area contributed by atoms with E-state index in [4.69, 9.17) is 4.55 Å². The molecule has 0 amide bonds. The maximum absolute atomic E-state index is 12.8. The summed E-state index contributed by atoms with van der Waals surface area (Å²) < 4.78 is 90.9. The average Bonchev–Trinajstić information content (AvgIpc) is 2.13. The zero-order chi connectivity index (χ0) is 12.9. The molecule has 0 saturated heterocycles. The van der Waals surface area contributed by atoms with Crippen molar-refractivity contribution < 1.29 is 34.9 Å². The molecule has 0 rings (SSSR count). The molecule has 100 valence electrons. The second kappa shape index (κ2) is 8.29. The third-order valence-electron chi connectivity index (χ3n) is 1.75. The topological polar surface area (TPSA) is 54.4 Å². The summed E-state index contributed by atoms with van der Waals surface area (Å²) >= 11 is 0. The van der Waals surface area contributed by atoms with Gasteiger partial charge in [0.25, 0.3) is 10.1 Å². The monoisotopic (exact) mass is 278 g/mol. The summed E-state index contributed by atoms with van der Waals surface area (Å²) in [4.78, 5) is 0. The van der Waals surface area contributed by atoms with Crippen LogP contribution < -0.4 is 0 Å². The zero-order valence-electron chi connectivity index (χ0n) is 7.99. The van der Waals surface area contributed by atoms with Crippen LogP contribution >= 0.6 is 0 Å². The molecule has 3 nitrogen and oxygen atoms in total. The van der Waals surface area contributed by atoms with E-state index in [1.165, 1.54) is 0 Å².